The van der Waals surface area contributed by atoms with Crippen molar-refractivity contribution in [3.05, 3.63) is 47.0 Å². The number of carboxylic acid groups (broad SMARTS) is 1. The molecule has 2 aromatic heterocycles. The summed E-state index contributed by atoms with van der Waals surface area (Å²) in [6, 6.07) is 3.04. The van der Waals surface area contributed by atoms with Crippen LogP contribution in [0.15, 0.2) is 36.2 Å². The van der Waals surface area contributed by atoms with Gasteiger partial charge in [-0.2, -0.15) is 0 Å². The number of amides is 3. The van der Waals surface area contributed by atoms with Gasteiger partial charge in [-0.25, -0.2) is 19.6 Å². The summed E-state index contributed by atoms with van der Waals surface area (Å²) in [5.74, 6) is -0.816. The Balaban J connectivity index is 1.20. The van der Waals surface area contributed by atoms with Crippen LogP contribution in [0, 0.1) is 30.1 Å². The van der Waals surface area contributed by atoms with Gasteiger partial charge in [-0.1, -0.05) is 38.4 Å². The lowest BCUT2D eigenvalue weighted by Gasteiger charge is -2.35. The number of halogens is 1. The summed E-state index contributed by atoms with van der Waals surface area (Å²) in [6.07, 6.45) is 2.89. The van der Waals surface area contributed by atoms with Gasteiger partial charge in [0.2, 0.25) is 11.8 Å². The van der Waals surface area contributed by atoms with Crippen molar-refractivity contribution in [3.8, 4) is 22.2 Å². The molecule has 1 unspecified atom stereocenters. The van der Waals surface area contributed by atoms with E-state index in [4.69, 9.17) is 35.5 Å². The Kier molecular flexibility index (Phi) is 11.0. The van der Waals surface area contributed by atoms with Crippen LogP contribution in [-0.2, 0) is 23.9 Å². The Morgan fingerprint density at radius 3 is 2.48 bits per heavy atom. The number of methoxy groups -OCH3 is 1. The minimum absolute atomic E-state index is 0.0274. The van der Waals surface area contributed by atoms with Gasteiger partial charge in [-0.3, -0.25) is 9.59 Å². The van der Waals surface area contributed by atoms with E-state index < -0.39 is 58.9 Å². The molecule has 0 spiro atoms. The first kappa shape index (κ1) is 39.8. The number of thiazole rings is 1. The van der Waals surface area contributed by atoms with Crippen molar-refractivity contribution in [2.45, 2.75) is 89.6 Å². The van der Waals surface area contributed by atoms with E-state index in [2.05, 4.69) is 22.2 Å². The highest BCUT2D eigenvalue weighted by Crippen LogP contribution is 2.52. The van der Waals surface area contributed by atoms with Gasteiger partial charge in [-0.15, -0.1) is 17.9 Å². The Labute approximate surface area is 334 Å². The van der Waals surface area contributed by atoms with Gasteiger partial charge in [-0.05, 0) is 62.0 Å². The second-order valence-corrected chi connectivity index (χ2v) is 17.6. The molecule has 16 heteroatoms. The number of carbonyl (C=O) groups is 4. The van der Waals surface area contributed by atoms with Crippen LogP contribution in [0.2, 0.25) is 5.02 Å². The lowest BCUT2D eigenvalue weighted by atomic mass is 9.85. The molecule has 1 aliphatic heterocycles. The van der Waals surface area contributed by atoms with Crippen LogP contribution in [0.4, 0.5) is 4.79 Å². The molecular weight excluding hydrogens is 762 g/mol. The van der Waals surface area contributed by atoms with Crippen molar-refractivity contribution in [1.29, 1.82) is 0 Å². The summed E-state index contributed by atoms with van der Waals surface area (Å²) >= 11 is 8.31. The molecule has 8 atom stereocenters. The number of hydrogen-bond donors (Lipinski definition) is 3. The number of alkyl carbamates (subject to hydrolysis) is 1. The molecule has 0 radical (unpaired) electrons. The lowest BCUT2D eigenvalue weighted by molar-refractivity contribution is -0.146. The number of rotatable bonds is 14. The summed E-state index contributed by atoms with van der Waals surface area (Å²) in [5, 5.41) is 19.0. The third-order valence-corrected chi connectivity index (χ3v) is 12.6. The monoisotopic (exact) mass is 809 g/mol. The molecule has 3 amide bonds. The van der Waals surface area contributed by atoms with E-state index in [-0.39, 0.29) is 37.1 Å². The number of nitrogens with one attached hydrogen (secondary N) is 2. The molecule has 3 N–H and O–H groups in total. The summed E-state index contributed by atoms with van der Waals surface area (Å²) in [5.41, 5.74) is -0.589. The zero-order chi connectivity index (χ0) is 40.1. The van der Waals surface area contributed by atoms with E-state index in [1.54, 1.807) is 25.3 Å². The first-order valence-electron chi connectivity index (χ1n) is 18.9. The van der Waals surface area contributed by atoms with Crippen LogP contribution in [-0.4, -0.2) is 101 Å². The Bertz CT molecular complexity index is 2040. The maximum Gasteiger partial charge on any atom is 0.408 e. The van der Waals surface area contributed by atoms with Crippen LogP contribution < -0.4 is 20.1 Å². The highest BCUT2D eigenvalue weighted by atomic mass is 35.5. The highest BCUT2D eigenvalue weighted by Gasteiger charge is 2.61. The zero-order valence-electron chi connectivity index (χ0n) is 32.1. The molecule has 3 aromatic rings. The first-order valence-corrected chi connectivity index (χ1v) is 20.2. The van der Waals surface area contributed by atoms with Crippen molar-refractivity contribution in [2.24, 2.45) is 23.2 Å². The van der Waals surface area contributed by atoms with Gasteiger partial charge < -0.3 is 39.6 Å². The zero-order valence-corrected chi connectivity index (χ0v) is 33.7. The molecule has 3 saturated carbocycles. The summed E-state index contributed by atoms with van der Waals surface area (Å²) in [4.78, 5) is 65.3. The van der Waals surface area contributed by atoms with Gasteiger partial charge in [0.05, 0.1) is 18.7 Å². The molecule has 0 bridgehead atoms. The summed E-state index contributed by atoms with van der Waals surface area (Å²) in [6.45, 7) is 11.7. The third kappa shape index (κ3) is 8.03. The van der Waals surface area contributed by atoms with E-state index >= 15 is 0 Å². The second kappa shape index (κ2) is 15.5. The smallest absolute Gasteiger partial charge is 0.408 e. The fraction of sp³-hybridized carbons (Fsp3) is 0.550. The largest absolute Gasteiger partial charge is 0.490 e. The van der Waals surface area contributed by atoms with E-state index in [0.29, 0.717) is 51.5 Å². The minimum Gasteiger partial charge on any atom is -0.490 e. The van der Waals surface area contributed by atoms with Gasteiger partial charge in [0.25, 0.3) is 0 Å². The van der Waals surface area contributed by atoms with Crippen molar-refractivity contribution in [1.82, 2.24) is 25.5 Å². The topological polar surface area (TPSA) is 179 Å². The van der Waals surface area contributed by atoms with Gasteiger partial charge in [0.1, 0.15) is 63.7 Å². The van der Waals surface area contributed by atoms with Crippen LogP contribution in [0.1, 0.15) is 58.6 Å². The SMILES string of the molecule is C=C[C@@H]1C[C@]1(NC(=O)[C@@H]1C[C@@H](Oc2cc(-c3nc(C)cs3)nc3c(Cl)c(OCCOC)ccc23)CN1C(=O)[C@@H](NC(=O)OC1C[C@@H]2C[C@@H]2C1)C(C)(C)C)C(=O)O. The number of hydrogen-bond acceptors (Lipinski definition) is 11. The van der Waals surface area contributed by atoms with Gasteiger partial charge >= 0.3 is 12.1 Å². The van der Waals surface area contributed by atoms with Crippen molar-refractivity contribution in [2.75, 3.05) is 26.9 Å². The number of carbonyl (C=O) groups excluding carboxylic acids is 3. The van der Waals surface area contributed by atoms with Crippen molar-refractivity contribution < 1.29 is 43.2 Å². The number of aliphatic carboxylic acids is 1. The Morgan fingerprint density at radius 2 is 1.86 bits per heavy atom. The van der Waals surface area contributed by atoms with Crippen molar-refractivity contribution >= 4 is 57.7 Å². The molecule has 7 rings (SSSR count). The van der Waals surface area contributed by atoms with Crippen molar-refractivity contribution in [3.63, 3.8) is 0 Å². The number of benzene rings is 1. The van der Waals surface area contributed by atoms with E-state index in [1.807, 2.05) is 33.1 Å². The fourth-order valence-corrected chi connectivity index (χ4v) is 9.00. The lowest BCUT2D eigenvalue weighted by Crippen LogP contribution is -2.59. The fourth-order valence-electron chi connectivity index (χ4n) is 7.98. The summed E-state index contributed by atoms with van der Waals surface area (Å²) in [7, 11) is 1.57. The third-order valence-electron chi connectivity index (χ3n) is 11.2. The summed E-state index contributed by atoms with van der Waals surface area (Å²) < 4.78 is 23.4. The molecule has 1 aromatic carbocycles. The average molecular weight is 810 g/mol. The predicted octanol–water partition coefficient (Wildman–Crippen LogP) is 5.78. The average Bonchev–Trinajstić information content (AvgIpc) is 3.83. The maximum absolute atomic E-state index is 14.6. The van der Waals surface area contributed by atoms with Crippen LogP contribution >= 0.6 is 22.9 Å². The second-order valence-electron chi connectivity index (χ2n) is 16.4. The van der Waals surface area contributed by atoms with E-state index in [0.717, 1.165) is 18.5 Å². The van der Waals surface area contributed by atoms with Crippen LogP contribution in [0.5, 0.6) is 11.5 Å². The minimum atomic E-state index is -1.53. The van der Waals surface area contributed by atoms with Gasteiger partial charge in [0, 0.05) is 42.0 Å². The Morgan fingerprint density at radius 1 is 1.11 bits per heavy atom. The number of aryl methyl sites for hydroxylation is 1. The number of ether oxygens (including phenoxy) is 4. The molecule has 3 heterocycles. The number of likely N-dealkylation sites (tertiary alicyclic amines) is 1. The predicted molar refractivity (Wildman–Crippen MR) is 209 cm³/mol. The number of carboxylic acids is 1. The quantitative estimate of drug-likeness (QED) is 0.133. The highest BCUT2D eigenvalue weighted by molar-refractivity contribution is 7.13. The normalized spacial score (nSPS) is 26.9. The number of pyridine rings is 1. The molecule has 56 heavy (non-hydrogen) atoms. The van der Waals surface area contributed by atoms with Crippen LogP contribution in [0.25, 0.3) is 21.6 Å². The molecule has 3 aliphatic carbocycles. The Hall–Kier alpha value is -4.47. The molecule has 14 nitrogen and oxygen atoms in total. The molecule has 300 valence electrons. The molecule has 4 fully saturated rings. The molecule has 4 aliphatic rings. The standard InChI is InChI=1S/C40H48ClN5O9S/c1-7-23-17-40(23,37(49)50)45-34(47)28-15-25(18-46(28)36(48)33(39(3,4)5)44-38(51)55-24-13-21-12-22(21)14-24)54-30-16-27(35-42-20(2)19-56-35)43-32-26(30)8-9-29(31(32)41)53-11-10-52-6/h7-9,16,19,21-25,28,33H,1,10-15,17-18H2,2-6H3,(H,44,51)(H,45,47)(H,49,50)/t21-,22+,23-,24?,25-,28+,33-,40-/m1/s1. The van der Waals surface area contributed by atoms with Crippen LogP contribution in [0.3, 0.4) is 0 Å². The number of fused-ring (bicyclic) bond motifs is 2. The molecular formula is C40H48ClN5O9S. The molecule has 1 saturated heterocycles. The van der Waals surface area contributed by atoms with E-state index in [9.17, 15) is 24.3 Å². The maximum atomic E-state index is 14.6. The first-order chi connectivity index (χ1) is 26.6. The van der Waals surface area contributed by atoms with E-state index in [1.165, 1.54) is 28.7 Å². The number of aromatic nitrogens is 2. The van der Waals surface area contributed by atoms with Gasteiger partial charge in [0.15, 0.2) is 0 Å². The number of nitrogens with zero attached hydrogens (tertiary/aromatic N) is 3.